The molecule has 0 N–H and O–H groups in total. The maximum atomic E-state index is 5.67. The topological polar surface area (TPSA) is 26.0 Å². The van der Waals surface area contributed by atoms with Gasteiger partial charge in [0.05, 0.1) is 17.0 Å². The minimum Gasteiger partial charge on any atom is -0.439 e. The van der Waals surface area contributed by atoms with E-state index in [1.807, 2.05) is 23.1 Å². The number of thioether (sulfide) groups is 1. The van der Waals surface area contributed by atoms with Crippen molar-refractivity contribution in [2.75, 3.05) is 5.75 Å². The van der Waals surface area contributed by atoms with Gasteiger partial charge in [-0.15, -0.1) is 22.9 Å². The molecule has 16 heavy (non-hydrogen) atoms. The van der Waals surface area contributed by atoms with E-state index in [2.05, 4.69) is 11.1 Å². The monoisotopic (exact) mass is 271 g/mol. The average Bonchev–Trinajstić information content (AvgIpc) is 2.95. The lowest BCUT2D eigenvalue weighted by Crippen LogP contribution is -1.96. The number of thiophene rings is 1. The predicted octanol–water partition coefficient (Wildman–Crippen LogP) is 3.93. The number of rotatable bonds is 2. The molecule has 2 aromatic heterocycles. The van der Waals surface area contributed by atoms with Gasteiger partial charge in [0.2, 0.25) is 5.89 Å². The van der Waals surface area contributed by atoms with Crippen LogP contribution in [0.15, 0.2) is 16.7 Å². The van der Waals surface area contributed by atoms with E-state index in [9.17, 15) is 0 Å². The smallest absolute Gasteiger partial charge is 0.209 e. The molecule has 1 aliphatic rings. The molecule has 2 aromatic rings. The van der Waals surface area contributed by atoms with Crippen LogP contribution in [-0.4, -0.2) is 10.7 Å². The molecule has 0 amide bonds. The first kappa shape index (κ1) is 10.7. The second kappa shape index (κ2) is 4.43. The number of aryl methyl sites for hydroxylation is 1. The summed E-state index contributed by atoms with van der Waals surface area (Å²) in [5, 5.41) is 0. The number of fused-ring (bicyclic) bond motifs is 1. The Kier molecular flexibility index (Phi) is 2.96. The predicted molar refractivity (Wildman–Crippen MR) is 69.2 cm³/mol. The van der Waals surface area contributed by atoms with Crippen LogP contribution in [0.5, 0.6) is 0 Å². The molecule has 3 heterocycles. The molecular weight excluding hydrogens is 262 g/mol. The highest BCUT2D eigenvalue weighted by Crippen LogP contribution is 2.37. The van der Waals surface area contributed by atoms with E-state index in [1.165, 1.54) is 27.5 Å². The number of aromatic nitrogens is 1. The summed E-state index contributed by atoms with van der Waals surface area (Å²) < 4.78 is 5.56. The van der Waals surface area contributed by atoms with Gasteiger partial charge in [0.25, 0.3) is 0 Å². The number of halogens is 1. The summed E-state index contributed by atoms with van der Waals surface area (Å²) in [5.74, 6) is 4.14. The Morgan fingerprint density at radius 3 is 3.19 bits per heavy atom. The Morgan fingerprint density at radius 2 is 2.44 bits per heavy atom. The van der Waals surface area contributed by atoms with Crippen molar-refractivity contribution in [1.82, 2.24) is 4.98 Å². The summed E-state index contributed by atoms with van der Waals surface area (Å²) in [7, 11) is 0. The van der Waals surface area contributed by atoms with Crippen LogP contribution in [0.2, 0.25) is 0 Å². The molecule has 0 radical (unpaired) electrons. The van der Waals surface area contributed by atoms with Crippen molar-refractivity contribution in [3.05, 3.63) is 28.6 Å². The molecule has 0 spiro atoms. The summed E-state index contributed by atoms with van der Waals surface area (Å²) >= 11 is 9.49. The number of oxazole rings is 1. The van der Waals surface area contributed by atoms with Crippen LogP contribution >= 0.6 is 34.7 Å². The van der Waals surface area contributed by atoms with Gasteiger partial charge < -0.3 is 4.42 Å². The summed E-state index contributed by atoms with van der Waals surface area (Å²) in [6.45, 7) is 0. The highest BCUT2D eigenvalue weighted by molar-refractivity contribution is 7.98. The largest absolute Gasteiger partial charge is 0.439 e. The fourth-order valence-electron chi connectivity index (χ4n) is 1.75. The summed E-state index contributed by atoms with van der Waals surface area (Å²) in [5.41, 5.74) is 1.46. The molecule has 0 aromatic carbocycles. The zero-order chi connectivity index (χ0) is 11.0. The van der Waals surface area contributed by atoms with Crippen molar-refractivity contribution < 1.29 is 4.42 Å². The zero-order valence-corrected chi connectivity index (χ0v) is 10.9. The Hall–Kier alpha value is -0.450. The highest BCUT2D eigenvalue weighted by atomic mass is 35.5. The molecule has 3 rings (SSSR count). The minimum absolute atomic E-state index is 0.334. The van der Waals surface area contributed by atoms with E-state index in [1.54, 1.807) is 6.20 Å². The molecule has 84 valence electrons. The normalized spacial score (nSPS) is 15.1. The van der Waals surface area contributed by atoms with Crippen molar-refractivity contribution in [2.24, 2.45) is 0 Å². The van der Waals surface area contributed by atoms with Gasteiger partial charge in [-0.25, -0.2) is 4.98 Å². The molecule has 0 fully saturated rings. The summed E-state index contributed by atoms with van der Waals surface area (Å²) in [6.07, 6.45) is 2.95. The van der Waals surface area contributed by atoms with Gasteiger partial charge in [-0.2, -0.15) is 11.8 Å². The van der Waals surface area contributed by atoms with Crippen molar-refractivity contribution in [3.63, 3.8) is 0 Å². The Bertz CT molecular complexity index is 482. The van der Waals surface area contributed by atoms with Gasteiger partial charge in [0.15, 0.2) is 5.76 Å². The third-order valence-electron chi connectivity index (χ3n) is 2.54. The van der Waals surface area contributed by atoms with Crippen molar-refractivity contribution in [2.45, 2.75) is 18.1 Å². The maximum absolute atomic E-state index is 5.67. The van der Waals surface area contributed by atoms with E-state index >= 15 is 0 Å². The molecule has 2 nitrogen and oxygen atoms in total. The number of hydrogen-bond acceptors (Lipinski definition) is 4. The maximum Gasteiger partial charge on any atom is 0.209 e. The summed E-state index contributed by atoms with van der Waals surface area (Å²) in [4.78, 5) is 6.80. The third kappa shape index (κ3) is 1.90. The number of alkyl halides is 1. The van der Waals surface area contributed by atoms with Crippen LogP contribution in [0.4, 0.5) is 0 Å². The lowest BCUT2D eigenvalue weighted by molar-refractivity contribution is 0.530. The number of nitrogens with zero attached hydrogens (tertiary/aromatic N) is 1. The third-order valence-corrected chi connectivity index (χ3v) is 5.03. The fraction of sp³-hybridized carbons (Fsp3) is 0.364. The number of hydrogen-bond donors (Lipinski definition) is 0. The molecule has 0 atom stereocenters. The van der Waals surface area contributed by atoms with Gasteiger partial charge in [0, 0.05) is 10.6 Å². The molecule has 0 bridgehead atoms. The van der Waals surface area contributed by atoms with Gasteiger partial charge in [0.1, 0.15) is 0 Å². The molecule has 0 aliphatic carbocycles. The molecule has 5 heteroatoms. The van der Waals surface area contributed by atoms with Crippen LogP contribution < -0.4 is 0 Å². The van der Waals surface area contributed by atoms with E-state index in [0.29, 0.717) is 11.8 Å². The molecule has 0 unspecified atom stereocenters. The van der Waals surface area contributed by atoms with Crippen molar-refractivity contribution in [3.8, 4) is 10.6 Å². The van der Waals surface area contributed by atoms with Crippen LogP contribution in [0.1, 0.15) is 16.3 Å². The average molecular weight is 272 g/mol. The van der Waals surface area contributed by atoms with E-state index in [-0.39, 0.29) is 0 Å². The minimum atomic E-state index is 0.334. The second-order valence-electron chi connectivity index (χ2n) is 3.61. The molecular formula is C11H10ClNOS2. The Balaban J connectivity index is 1.96. The molecule has 1 aliphatic heterocycles. The fourth-order valence-corrected chi connectivity index (χ4v) is 4.20. The second-order valence-corrected chi connectivity index (χ2v) is 6.12. The van der Waals surface area contributed by atoms with E-state index in [4.69, 9.17) is 16.0 Å². The van der Waals surface area contributed by atoms with Gasteiger partial charge in [-0.05, 0) is 23.8 Å². The van der Waals surface area contributed by atoms with Crippen molar-refractivity contribution >= 4 is 34.7 Å². The summed E-state index contributed by atoms with van der Waals surface area (Å²) in [6, 6.07) is 2.23. The SMILES string of the molecule is ClCc1ncc(-c2cc3c(s2)CCSC3)o1. The molecule has 0 saturated carbocycles. The first-order valence-corrected chi connectivity index (χ1v) is 7.58. The lowest BCUT2D eigenvalue weighted by Gasteiger charge is -2.08. The quantitative estimate of drug-likeness (QED) is 0.774. The van der Waals surface area contributed by atoms with E-state index in [0.717, 1.165) is 11.5 Å². The van der Waals surface area contributed by atoms with Crippen molar-refractivity contribution in [1.29, 1.82) is 0 Å². The van der Waals surface area contributed by atoms with Gasteiger partial charge >= 0.3 is 0 Å². The highest BCUT2D eigenvalue weighted by Gasteiger charge is 2.16. The Labute approximate surface area is 107 Å². The Morgan fingerprint density at radius 1 is 1.50 bits per heavy atom. The first-order chi connectivity index (χ1) is 7.86. The van der Waals surface area contributed by atoms with Crippen LogP contribution in [0.3, 0.4) is 0 Å². The first-order valence-electron chi connectivity index (χ1n) is 5.07. The van der Waals surface area contributed by atoms with Crippen LogP contribution in [0, 0.1) is 0 Å². The van der Waals surface area contributed by atoms with E-state index < -0.39 is 0 Å². The van der Waals surface area contributed by atoms with Crippen LogP contribution in [0.25, 0.3) is 10.6 Å². The zero-order valence-electron chi connectivity index (χ0n) is 8.53. The standard InChI is InChI=1S/C11H10ClNOS2/c12-4-11-13-5-8(14-11)10-3-7-6-15-2-1-9(7)16-10/h3,5H,1-2,4,6H2. The van der Waals surface area contributed by atoms with Crippen LogP contribution in [-0.2, 0) is 18.1 Å². The lowest BCUT2D eigenvalue weighted by atomic mass is 10.2. The van der Waals surface area contributed by atoms with Gasteiger partial charge in [-0.1, -0.05) is 0 Å². The molecule has 0 saturated heterocycles. The van der Waals surface area contributed by atoms with Gasteiger partial charge in [-0.3, -0.25) is 0 Å².